The monoisotopic (exact) mass is 266 g/mol. The van der Waals surface area contributed by atoms with Crippen LogP contribution in [0.5, 0.6) is 0 Å². The maximum absolute atomic E-state index is 13.0. The molecule has 104 valence electrons. The van der Waals surface area contributed by atoms with Crippen LogP contribution in [0.15, 0.2) is 24.3 Å². The number of nitrogens with two attached hydrogens (primary N) is 1. The van der Waals surface area contributed by atoms with Crippen molar-refractivity contribution in [2.75, 3.05) is 6.54 Å². The molecular weight excluding hydrogens is 247 g/mol. The highest BCUT2D eigenvalue weighted by atomic mass is 19.1. The number of amides is 2. The van der Waals surface area contributed by atoms with Crippen LogP contribution in [-0.4, -0.2) is 18.4 Å². The van der Waals surface area contributed by atoms with E-state index in [0.29, 0.717) is 19.4 Å². The van der Waals surface area contributed by atoms with E-state index in [-0.39, 0.29) is 30.0 Å². The molecule has 0 fully saturated rings. The van der Waals surface area contributed by atoms with Crippen LogP contribution in [-0.2, 0) is 16.0 Å². The van der Waals surface area contributed by atoms with Gasteiger partial charge in [-0.2, -0.15) is 0 Å². The maximum Gasteiger partial charge on any atom is 0.223 e. The number of carbonyl (C=O) groups is 2. The molecule has 0 aliphatic heterocycles. The molecule has 0 heterocycles. The predicted molar refractivity (Wildman–Crippen MR) is 70.7 cm³/mol. The number of hydrogen-bond donors (Lipinski definition) is 2. The van der Waals surface area contributed by atoms with Crippen molar-refractivity contribution in [3.63, 3.8) is 0 Å². The fourth-order valence-corrected chi connectivity index (χ4v) is 1.76. The average molecular weight is 266 g/mol. The summed E-state index contributed by atoms with van der Waals surface area (Å²) < 4.78 is 13.0. The van der Waals surface area contributed by atoms with Gasteiger partial charge in [0.15, 0.2) is 0 Å². The molecule has 2 amide bonds. The van der Waals surface area contributed by atoms with Gasteiger partial charge in [-0.15, -0.1) is 0 Å². The number of nitrogens with one attached hydrogen (secondary N) is 1. The summed E-state index contributed by atoms with van der Waals surface area (Å²) in [5, 5.41) is 2.73. The molecule has 0 aliphatic carbocycles. The second-order valence-corrected chi connectivity index (χ2v) is 4.60. The van der Waals surface area contributed by atoms with Crippen LogP contribution < -0.4 is 11.1 Å². The molecule has 1 atom stereocenters. The summed E-state index contributed by atoms with van der Waals surface area (Å²) >= 11 is 0. The zero-order valence-electron chi connectivity index (χ0n) is 11.0. The fourth-order valence-electron chi connectivity index (χ4n) is 1.76. The van der Waals surface area contributed by atoms with Gasteiger partial charge in [0.05, 0.1) is 0 Å². The molecule has 1 rings (SSSR count). The third-order valence-electron chi connectivity index (χ3n) is 2.78. The van der Waals surface area contributed by atoms with Crippen molar-refractivity contribution in [1.82, 2.24) is 5.32 Å². The highest BCUT2D eigenvalue weighted by Gasteiger charge is 2.13. The van der Waals surface area contributed by atoms with Crippen molar-refractivity contribution in [2.45, 2.75) is 26.2 Å². The van der Waals surface area contributed by atoms with E-state index in [1.165, 1.54) is 12.1 Å². The summed E-state index contributed by atoms with van der Waals surface area (Å²) in [5.41, 5.74) is 5.79. The van der Waals surface area contributed by atoms with E-state index < -0.39 is 0 Å². The molecule has 1 aromatic rings. The summed E-state index contributed by atoms with van der Waals surface area (Å²) in [6.45, 7) is 2.21. The molecule has 3 N–H and O–H groups in total. The average Bonchev–Trinajstić information content (AvgIpc) is 2.34. The predicted octanol–water partition coefficient (Wildman–Crippen LogP) is 1.39. The van der Waals surface area contributed by atoms with Crippen LogP contribution in [0.25, 0.3) is 0 Å². The van der Waals surface area contributed by atoms with Crippen LogP contribution in [0.2, 0.25) is 0 Å². The molecule has 1 unspecified atom stereocenters. The lowest BCUT2D eigenvalue weighted by atomic mass is 10.0. The smallest absolute Gasteiger partial charge is 0.223 e. The molecular formula is C14H19FN2O2. The first-order chi connectivity index (χ1) is 8.99. The molecule has 0 radical (unpaired) electrons. The second-order valence-electron chi connectivity index (χ2n) is 4.60. The molecule has 1 aromatic carbocycles. The van der Waals surface area contributed by atoms with E-state index >= 15 is 0 Å². The van der Waals surface area contributed by atoms with Crippen molar-refractivity contribution >= 4 is 11.8 Å². The van der Waals surface area contributed by atoms with Crippen molar-refractivity contribution < 1.29 is 14.0 Å². The van der Waals surface area contributed by atoms with E-state index in [2.05, 4.69) is 5.32 Å². The van der Waals surface area contributed by atoms with E-state index in [1.807, 2.05) is 0 Å². The molecule has 0 aliphatic rings. The second kappa shape index (κ2) is 7.51. The summed E-state index contributed by atoms with van der Waals surface area (Å²) in [4.78, 5) is 22.3. The number of primary amides is 1. The van der Waals surface area contributed by atoms with E-state index in [1.54, 1.807) is 19.1 Å². The molecule has 5 heteroatoms. The zero-order chi connectivity index (χ0) is 14.3. The van der Waals surface area contributed by atoms with E-state index in [4.69, 9.17) is 5.73 Å². The van der Waals surface area contributed by atoms with Gasteiger partial charge < -0.3 is 11.1 Å². The molecule has 0 aromatic heterocycles. The number of benzene rings is 1. The Bertz CT molecular complexity index is 449. The third kappa shape index (κ3) is 5.99. The van der Waals surface area contributed by atoms with E-state index in [0.717, 1.165) is 5.56 Å². The summed E-state index contributed by atoms with van der Waals surface area (Å²) in [6, 6.07) is 6.22. The van der Waals surface area contributed by atoms with Gasteiger partial charge >= 0.3 is 0 Å². The van der Waals surface area contributed by atoms with Gasteiger partial charge in [0.25, 0.3) is 0 Å². The first-order valence-electron chi connectivity index (χ1n) is 6.29. The van der Waals surface area contributed by atoms with Crippen LogP contribution in [0.1, 0.15) is 25.3 Å². The molecule has 4 nitrogen and oxygen atoms in total. The normalized spacial score (nSPS) is 11.9. The lowest BCUT2D eigenvalue weighted by molar-refractivity contribution is -0.124. The summed E-state index contributed by atoms with van der Waals surface area (Å²) in [5.74, 6) is -1.02. The minimum Gasteiger partial charge on any atom is -0.370 e. The Balaban J connectivity index is 2.34. The van der Waals surface area contributed by atoms with Gasteiger partial charge in [-0.05, 0) is 30.5 Å². The van der Waals surface area contributed by atoms with Crippen molar-refractivity contribution in [2.24, 2.45) is 11.7 Å². The van der Waals surface area contributed by atoms with Gasteiger partial charge in [-0.3, -0.25) is 9.59 Å². The fraction of sp³-hybridized carbons (Fsp3) is 0.429. The Labute approximate surface area is 112 Å². The van der Waals surface area contributed by atoms with Crippen molar-refractivity contribution in [3.05, 3.63) is 35.6 Å². The Kier molecular flexibility index (Phi) is 5.99. The third-order valence-corrected chi connectivity index (χ3v) is 2.78. The zero-order valence-corrected chi connectivity index (χ0v) is 11.0. The minimum absolute atomic E-state index is 0.103. The number of carbonyl (C=O) groups excluding carboxylic acids is 2. The van der Waals surface area contributed by atoms with Crippen molar-refractivity contribution in [3.8, 4) is 0 Å². The standard InChI is InChI=1S/C14H19FN2O2/c1-10(8-11-4-2-5-12(15)9-11)14(19)17-7-3-6-13(16)18/h2,4-5,9-10H,3,6-8H2,1H3,(H2,16,18)(H,17,19). The Hall–Kier alpha value is -1.91. The first kappa shape index (κ1) is 15.1. The molecule has 0 saturated heterocycles. The number of rotatable bonds is 7. The quantitative estimate of drug-likeness (QED) is 0.732. The number of halogens is 1. The van der Waals surface area contributed by atoms with Gasteiger partial charge in [0.2, 0.25) is 11.8 Å². The molecule has 0 spiro atoms. The summed E-state index contributed by atoms with van der Waals surface area (Å²) in [6.07, 6.45) is 1.28. The van der Waals surface area contributed by atoms with Gasteiger partial charge in [0, 0.05) is 18.9 Å². The topological polar surface area (TPSA) is 72.2 Å². The largest absolute Gasteiger partial charge is 0.370 e. The lowest BCUT2D eigenvalue weighted by Gasteiger charge is -2.12. The molecule has 0 saturated carbocycles. The van der Waals surface area contributed by atoms with Gasteiger partial charge in [0.1, 0.15) is 5.82 Å². The molecule has 0 bridgehead atoms. The van der Waals surface area contributed by atoms with Gasteiger partial charge in [-0.1, -0.05) is 19.1 Å². The summed E-state index contributed by atoms with van der Waals surface area (Å²) in [7, 11) is 0. The Morgan fingerprint density at radius 3 is 2.79 bits per heavy atom. The maximum atomic E-state index is 13.0. The van der Waals surface area contributed by atoms with Crippen LogP contribution in [0, 0.1) is 11.7 Å². The Morgan fingerprint density at radius 2 is 2.16 bits per heavy atom. The lowest BCUT2D eigenvalue weighted by Crippen LogP contribution is -2.31. The Morgan fingerprint density at radius 1 is 1.42 bits per heavy atom. The number of hydrogen-bond acceptors (Lipinski definition) is 2. The minimum atomic E-state index is -0.373. The first-order valence-corrected chi connectivity index (χ1v) is 6.29. The highest BCUT2D eigenvalue weighted by molar-refractivity contribution is 5.78. The van der Waals surface area contributed by atoms with E-state index in [9.17, 15) is 14.0 Å². The molecule has 19 heavy (non-hydrogen) atoms. The van der Waals surface area contributed by atoms with Crippen LogP contribution in [0.3, 0.4) is 0 Å². The van der Waals surface area contributed by atoms with Crippen LogP contribution in [0.4, 0.5) is 4.39 Å². The SMILES string of the molecule is CC(Cc1cccc(F)c1)C(=O)NCCCC(N)=O. The van der Waals surface area contributed by atoms with Crippen LogP contribution >= 0.6 is 0 Å². The highest BCUT2D eigenvalue weighted by Crippen LogP contribution is 2.10. The van der Waals surface area contributed by atoms with Gasteiger partial charge in [-0.25, -0.2) is 4.39 Å². The van der Waals surface area contributed by atoms with Crippen molar-refractivity contribution in [1.29, 1.82) is 0 Å².